The van der Waals surface area contributed by atoms with Crippen LogP contribution in [-0.2, 0) is 21.8 Å². The van der Waals surface area contributed by atoms with Crippen LogP contribution >= 0.6 is 0 Å². The Morgan fingerprint density at radius 2 is 2.53 bits per heavy atom. The van der Waals surface area contributed by atoms with Gasteiger partial charge in [-0.05, 0) is 0 Å². The van der Waals surface area contributed by atoms with Crippen LogP contribution < -0.4 is 10.0 Å². The highest BCUT2D eigenvalue weighted by Gasteiger charge is 2.19. The topological polar surface area (TPSA) is 85.2 Å². The van der Waals surface area contributed by atoms with Gasteiger partial charge in [0.05, 0.1) is 18.9 Å². The van der Waals surface area contributed by atoms with E-state index < -0.39 is 10.0 Å². The van der Waals surface area contributed by atoms with E-state index in [0.717, 1.165) is 6.54 Å². The van der Waals surface area contributed by atoms with Crippen LogP contribution in [0.4, 0.5) is 0 Å². The predicted octanol–water partition coefficient (Wildman–Crippen LogP) is -1.31. The molecule has 8 heteroatoms. The fourth-order valence-electron chi connectivity index (χ4n) is 1.57. The Bertz CT molecular complexity index is 464. The van der Waals surface area contributed by atoms with E-state index in [9.17, 15) is 8.42 Å². The standard InChI is InChI=1S/C9H16N4O3S/c1-13-7-9(6-11-13)17(14,15)12-5-8-4-10-2-3-16-8/h6-8,10,12H,2-5H2,1H3. The minimum absolute atomic E-state index is 0.116. The maximum Gasteiger partial charge on any atom is 0.243 e. The van der Waals surface area contributed by atoms with Gasteiger partial charge in [-0.2, -0.15) is 5.10 Å². The zero-order chi connectivity index (χ0) is 12.3. The molecule has 1 aromatic rings. The molecule has 0 amide bonds. The Kier molecular flexibility index (Phi) is 3.77. The molecule has 1 saturated heterocycles. The van der Waals surface area contributed by atoms with Crippen LogP contribution in [0.1, 0.15) is 0 Å². The van der Waals surface area contributed by atoms with Crippen LogP contribution in [0.5, 0.6) is 0 Å². The van der Waals surface area contributed by atoms with Crippen molar-refractivity contribution in [2.45, 2.75) is 11.0 Å². The summed E-state index contributed by atoms with van der Waals surface area (Å²) in [4.78, 5) is 0.170. The molecule has 0 aromatic carbocycles. The molecule has 17 heavy (non-hydrogen) atoms. The summed E-state index contributed by atoms with van der Waals surface area (Å²) in [5, 5.41) is 6.97. The van der Waals surface area contributed by atoms with E-state index in [0.29, 0.717) is 13.2 Å². The zero-order valence-corrected chi connectivity index (χ0v) is 10.4. The normalized spacial score (nSPS) is 21.6. The number of sulfonamides is 1. The Balaban J connectivity index is 1.93. The van der Waals surface area contributed by atoms with Crippen molar-refractivity contribution in [2.75, 3.05) is 26.2 Å². The molecule has 1 aromatic heterocycles. The summed E-state index contributed by atoms with van der Waals surface area (Å²) >= 11 is 0. The maximum absolute atomic E-state index is 11.8. The van der Waals surface area contributed by atoms with Crippen LogP contribution in [0.15, 0.2) is 17.3 Å². The van der Waals surface area contributed by atoms with Gasteiger partial charge in [-0.25, -0.2) is 13.1 Å². The van der Waals surface area contributed by atoms with Gasteiger partial charge in [0.2, 0.25) is 10.0 Å². The van der Waals surface area contributed by atoms with Crippen molar-refractivity contribution in [3.05, 3.63) is 12.4 Å². The fourth-order valence-corrected chi connectivity index (χ4v) is 2.62. The summed E-state index contributed by atoms with van der Waals surface area (Å²) in [6.07, 6.45) is 2.67. The fraction of sp³-hybridized carbons (Fsp3) is 0.667. The van der Waals surface area contributed by atoms with Crippen LogP contribution in [0, 0.1) is 0 Å². The molecular weight excluding hydrogens is 244 g/mol. The lowest BCUT2D eigenvalue weighted by molar-refractivity contribution is 0.0324. The average molecular weight is 260 g/mol. The van der Waals surface area contributed by atoms with Crippen molar-refractivity contribution in [1.29, 1.82) is 0 Å². The molecule has 0 aliphatic carbocycles. The van der Waals surface area contributed by atoms with Crippen molar-refractivity contribution in [3.63, 3.8) is 0 Å². The van der Waals surface area contributed by atoms with E-state index in [2.05, 4.69) is 15.1 Å². The number of rotatable bonds is 4. The summed E-state index contributed by atoms with van der Waals surface area (Å²) in [7, 11) is -1.81. The third kappa shape index (κ3) is 3.25. The number of nitrogens with zero attached hydrogens (tertiary/aromatic N) is 2. The highest BCUT2D eigenvalue weighted by Crippen LogP contribution is 2.06. The van der Waals surface area contributed by atoms with Gasteiger partial charge in [0.15, 0.2) is 0 Å². The van der Waals surface area contributed by atoms with Crippen LogP contribution in [0.2, 0.25) is 0 Å². The minimum Gasteiger partial charge on any atom is -0.374 e. The molecule has 0 bridgehead atoms. The second-order valence-electron chi connectivity index (χ2n) is 3.90. The van der Waals surface area contributed by atoms with Crippen LogP contribution in [-0.4, -0.2) is 50.5 Å². The van der Waals surface area contributed by atoms with Gasteiger partial charge < -0.3 is 10.1 Å². The van der Waals surface area contributed by atoms with Crippen LogP contribution in [0.3, 0.4) is 0 Å². The number of nitrogens with one attached hydrogen (secondary N) is 2. The molecule has 2 heterocycles. The monoisotopic (exact) mass is 260 g/mol. The molecule has 1 atom stereocenters. The Morgan fingerprint density at radius 3 is 3.12 bits per heavy atom. The Morgan fingerprint density at radius 1 is 1.71 bits per heavy atom. The lowest BCUT2D eigenvalue weighted by atomic mass is 10.3. The third-order valence-electron chi connectivity index (χ3n) is 2.50. The second kappa shape index (κ2) is 5.13. The smallest absolute Gasteiger partial charge is 0.243 e. The Labute approximate surface area is 100 Å². The first-order valence-electron chi connectivity index (χ1n) is 5.38. The maximum atomic E-state index is 11.8. The first-order chi connectivity index (χ1) is 8.08. The van der Waals surface area contributed by atoms with Crippen molar-refractivity contribution in [3.8, 4) is 0 Å². The molecule has 0 saturated carbocycles. The first kappa shape index (κ1) is 12.5. The van der Waals surface area contributed by atoms with Gasteiger partial charge in [-0.1, -0.05) is 0 Å². The van der Waals surface area contributed by atoms with E-state index in [4.69, 9.17) is 4.74 Å². The van der Waals surface area contributed by atoms with Gasteiger partial charge in [-0.15, -0.1) is 0 Å². The van der Waals surface area contributed by atoms with Crippen molar-refractivity contribution < 1.29 is 13.2 Å². The largest absolute Gasteiger partial charge is 0.374 e. The van der Waals surface area contributed by atoms with Gasteiger partial charge >= 0.3 is 0 Å². The van der Waals surface area contributed by atoms with Crippen molar-refractivity contribution >= 4 is 10.0 Å². The third-order valence-corrected chi connectivity index (χ3v) is 3.88. The van der Waals surface area contributed by atoms with Crippen LogP contribution in [0.25, 0.3) is 0 Å². The molecule has 1 aliphatic rings. The minimum atomic E-state index is -3.48. The van der Waals surface area contributed by atoms with Crippen molar-refractivity contribution in [2.24, 2.45) is 7.05 Å². The molecule has 1 fully saturated rings. The summed E-state index contributed by atoms with van der Waals surface area (Å²) in [5.41, 5.74) is 0. The van der Waals surface area contributed by atoms with E-state index in [1.165, 1.54) is 17.1 Å². The first-order valence-corrected chi connectivity index (χ1v) is 6.87. The van der Waals surface area contributed by atoms with E-state index in [1.54, 1.807) is 7.05 Å². The predicted molar refractivity (Wildman–Crippen MR) is 61.0 cm³/mol. The average Bonchev–Trinajstić information content (AvgIpc) is 2.76. The molecule has 2 rings (SSSR count). The lowest BCUT2D eigenvalue weighted by Gasteiger charge is -2.23. The lowest BCUT2D eigenvalue weighted by Crippen LogP contribution is -2.45. The van der Waals surface area contributed by atoms with E-state index >= 15 is 0 Å². The quantitative estimate of drug-likeness (QED) is 0.702. The van der Waals surface area contributed by atoms with Crippen molar-refractivity contribution in [1.82, 2.24) is 19.8 Å². The van der Waals surface area contributed by atoms with E-state index in [-0.39, 0.29) is 17.5 Å². The molecule has 1 aliphatic heterocycles. The number of aromatic nitrogens is 2. The highest BCUT2D eigenvalue weighted by molar-refractivity contribution is 7.89. The summed E-state index contributed by atoms with van der Waals surface area (Å²) in [6, 6.07) is 0. The molecule has 1 unspecified atom stereocenters. The van der Waals surface area contributed by atoms with Gasteiger partial charge in [0.25, 0.3) is 0 Å². The summed E-state index contributed by atoms with van der Waals surface area (Å²) in [6.45, 7) is 2.35. The summed E-state index contributed by atoms with van der Waals surface area (Å²) < 4.78 is 33.1. The molecule has 7 nitrogen and oxygen atoms in total. The molecule has 0 spiro atoms. The Hall–Kier alpha value is -0.960. The zero-order valence-electron chi connectivity index (χ0n) is 9.59. The number of hydrogen-bond donors (Lipinski definition) is 2. The number of ether oxygens (including phenoxy) is 1. The highest BCUT2D eigenvalue weighted by atomic mass is 32.2. The van der Waals surface area contributed by atoms with Gasteiger partial charge in [0.1, 0.15) is 4.90 Å². The molecule has 2 N–H and O–H groups in total. The number of hydrogen-bond acceptors (Lipinski definition) is 5. The SMILES string of the molecule is Cn1cc(S(=O)(=O)NCC2CNCCO2)cn1. The van der Waals surface area contributed by atoms with Gasteiger partial charge in [0, 0.05) is 32.9 Å². The number of morpholine rings is 1. The molecular formula is C9H16N4O3S. The number of aryl methyl sites for hydroxylation is 1. The molecule has 96 valence electrons. The second-order valence-corrected chi connectivity index (χ2v) is 5.67. The van der Waals surface area contributed by atoms with E-state index in [1.807, 2.05) is 0 Å². The van der Waals surface area contributed by atoms with Gasteiger partial charge in [-0.3, -0.25) is 4.68 Å². The molecule has 0 radical (unpaired) electrons. The summed E-state index contributed by atoms with van der Waals surface area (Å²) in [5.74, 6) is 0.